The minimum Gasteiger partial charge on any atom is -0.338 e. The van der Waals surface area contributed by atoms with Crippen LogP contribution >= 0.6 is 0 Å². The van der Waals surface area contributed by atoms with Crippen molar-refractivity contribution in [3.63, 3.8) is 0 Å². The molecule has 3 aromatic carbocycles. The molecule has 0 aliphatic carbocycles. The standard InChI is InChI=1S/C20H15FN2/c1-13-5-4-6-16(19(13)14-9-11-15(21)12-10-14)20-22-17-7-2-3-8-18(17)23-20/h2-12H,1H3,(H,22,23). The molecule has 4 rings (SSSR count). The van der Waals surface area contributed by atoms with Crippen molar-refractivity contribution in [2.75, 3.05) is 0 Å². The summed E-state index contributed by atoms with van der Waals surface area (Å²) < 4.78 is 13.2. The summed E-state index contributed by atoms with van der Waals surface area (Å²) in [6.45, 7) is 2.06. The number of aryl methyl sites for hydroxylation is 1. The number of benzene rings is 3. The van der Waals surface area contributed by atoms with Crippen LogP contribution in [0.15, 0.2) is 66.7 Å². The van der Waals surface area contributed by atoms with E-state index in [1.807, 2.05) is 48.5 Å². The van der Waals surface area contributed by atoms with Crippen molar-refractivity contribution in [3.8, 4) is 22.5 Å². The van der Waals surface area contributed by atoms with Crippen molar-refractivity contribution in [1.82, 2.24) is 9.97 Å². The quantitative estimate of drug-likeness (QED) is 0.531. The van der Waals surface area contributed by atoms with Gasteiger partial charge in [0.1, 0.15) is 11.6 Å². The van der Waals surface area contributed by atoms with Crippen LogP contribution in [-0.2, 0) is 0 Å². The molecule has 0 saturated carbocycles. The zero-order valence-electron chi connectivity index (χ0n) is 12.7. The first-order valence-electron chi connectivity index (χ1n) is 7.53. The summed E-state index contributed by atoms with van der Waals surface area (Å²) in [4.78, 5) is 8.07. The van der Waals surface area contributed by atoms with Crippen molar-refractivity contribution < 1.29 is 4.39 Å². The SMILES string of the molecule is Cc1cccc(-c2nc3ccccc3[nH]2)c1-c1ccc(F)cc1. The molecule has 0 spiro atoms. The topological polar surface area (TPSA) is 28.7 Å². The Kier molecular flexibility index (Phi) is 3.19. The van der Waals surface area contributed by atoms with Crippen LogP contribution in [0.1, 0.15) is 5.56 Å². The van der Waals surface area contributed by atoms with Crippen LogP contribution in [0.3, 0.4) is 0 Å². The molecule has 0 fully saturated rings. The van der Waals surface area contributed by atoms with Crippen LogP contribution in [0, 0.1) is 12.7 Å². The van der Waals surface area contributed by atoms with Crippen molar-refractivity contribution in [3.05, 3.63) is 78.1 Å². The summed E-state index contributed by atoms with van der Waals surface area (Å²) in [7, 11) is 0. The first-order valence-corrected chi connectivity index (χ1v) is 7.53. The molecule has 0 amide bonds. The molecular weight excluding hydrogens is 287 g/mol. The van der Waals surface area contributed by atoms with Gasteiger partial charge in [0.25, 0.3) is 0 Å². The first-order chi connectivity index (χ1) is 11.2. The summed E-state index contributed by atoms with van der Waals surface area (Å²) in [6.07, 6.45) is 0. The maximum atomic E-state index is 13.2. The Morgan fingerprint density at radius 1 is 0.870 bits per heavy atom. The number of fused-ring (bicyclic) bond motifs is 1. The minimum atomic E-state index is -0.229. The van der Waals surface area contributed by atoms with Crippen LogP contribution in [0.25, 0.3) is 33.5 Å². The summed E-state index contributed by atoms with van der Waals surface area (Å²) in [5.74, 6) is 0.599. The number of aromatic amines is 1. The molecule has 0 atom stereocenters. The van der Waals surface area contributed by atoms with Crippen molar-refractivity contribution in [2.24, 2.45) is 0 Å². The molecule has 0 radical (unpaired) electrons. The number of imidazole rings is 1. The highest BCUT2D eigenvalue weighted by Crippen LogP contribution is 2.34. The normalized spacial score (nSPS) is 11.0. The third-order valence-electron chi connectivity index (χ3n) is 4.05. The number of rotatable bonds is 2. The number of hydrogen-bond acceptors (Lipinski definition) is 1. The number of halogens is 1. The average molecular weight is 302 g/mol. The second-order valence-electron chi connectivity index (χ2n) is 5.61. The maximum Gasteiger partial charge on any atom is 0.139 e. The van der Waals surface area contributed by atoms with E-state index >= 15 is 0 Å². The second-order valence-corrected chi connectivity index (χ2v) is 5.61. The van der Waals surface area contributed by atoms with Gasteiger partial charge in [-0.25, -0.2) is 9.37 Å². The van der Waals surface area contributed by atoms with Crippen LogP contribution in [0.5, 0.6) is 0 Å². The van der Waals surface area contributed by atoms with Crippen LogP contribution in [0.2, 0.25) is 0 Å². The Morgan fingerprint density at radius 3 is 2.43 bits per heavy atom. The number of nitrogens with one attached hydrogen (secondary N) is 1. The number of aromatic nitrogens is 2. The highest BCUT2D eigenvalue weighted by molar-refractivity contribution is 5.87. The van der Waals surface area contributed by atoms with Gasteiger partial charge in [-0.05, 0) is 47.9 Å². The van der Waals surface area contributed by atoms with E-state index in [0.717, 1.165) is 39.1 Å². The summed E-state index contributed by atoms with van der Waals surface area (Å²) in [6, 6.07) is 20.7. The van der Waals surface area contributed by atoms with Gasteiger partial charge in [0.05, 0.1) is 11.0 Å². The lowest BCUT2D eigenvalue weighted by molar-refractivity contribution is 0.628. The van der Waals surface area contributed by atoms with E-state index in [0.29, 0.717) is 0 Å². The average Bonchev–Trinajstić information content (AvgIpc) is 2.99. The molecule has 1 heterocycles. The fourth-order valence-corrected chi connectivity index (χ4v) is 2.95. The van der Waals surface area contributed by atoms with Crippen molar-refractivity contribution in [2.45, 2.75) is 6.92 Å². The summed E-state index contributed by atoms with van der Waals surface area (Å²) >= 11 is 0. The fourth-order valence-electron chi connectivity index (χ4n) is 2.95. The molecule has 23 heavy (non-hydrogen) atoms. The highest BCUT2D eigenvalue weighted by atomic mass is 19.1. The molecule has 3 heteroatoms. The third-order valence-corrected chi connectivity index (χ3v) is 4.05. The third kappa shape index (κ3) is 2.40. The van der Waals surface area contributed by atoms with Gasteiger partial charge in [0.15, 0.2) is 0 Å². The van der Waals surface area contributed by atoms with Crippen LogP contribution in [-0.4, -0.2) is 9.97 Å². The van der Waals surface area contributed by atoms with Crippen LogP contribution in [0.4, 0.5) is 4.39 Å². The van der Waals surface area contributed by atoms with E-state index in [-0.39, 0.29) is 5.82 Å². The Bertz CT molecular complexity index is 951. The molecule has 4 aromatic rings. The molecule has 2 nitrogen and oxygen atoms in total. The predicted octanol–water partition coefficient (Wildman–Crippen LogP) is 5.34. The fraction of sp³-hybridized carbons (Fsp3) is 0.0500. The minimum absolute atomic E-state index is 0.229. The molecule has 1 aromatic heterocycles. The zero-order chi connectivity index (χ0) is 15.8. The first kappa shape index (κ1) is 13.7. The molecule has 112 valence electrons. The molecule has 1 N–H and O–H groups in total. The van der Waals surface area contributed by atoms with Gasteiger partial charge in [-0.1, -0.05) is 42.5 Å². The van der Waals surface area contributed by atoms with E-state index in [1.165, 1.54) is 12.1 Å². The molecule has 0 bridgehead atoms. The lowest BCUT2D eigenvalue weighted by Crippen LogP contribution is -1.90. The number of hydrogen-bond donors (Lipinski definition) is 1. The number of para-hydroxylation sites is 2. The molecule has 0 aliphatic rings. The lowest BCUT2D eigenvalue weighted by Gasteiger charge is -2.11. The molecular formula is C20H15FN2. The van der Waals surface area contributed by atoms with Gasteiger partial charge in [-0.3, -0.25) is 0 Å². The van der Waals surface area contributed by atoms with Gasteiger partial charge in [0, 0.05) is 5.56 Å². The van der Waals surface area contributed by atoms with Crippen LogP contribution < -0.4 is 0 Å². The number of nitrogens with zero attached hydrogens (tertiary/aromatic N) is 1. The van der Waals surface area contributed by atoms with Gasteiger partial charge < -0.3 is 4.98 Å². The van der Waals surface area contributed by atoms with Gasteiger partial charge >= 0.3 is 0 Å². The van der Waals surface area contributed by atoms with E-state index in [9.17, 15) is 4.39 Å². The van der Waals surface area contributed by atoms with Gasteiger partial charge in [0.2, 0.25) is 0 Å². The maximum absolute atomic E-state index is 13.2. The molecule has 0 unspecified atom stereocenters. The second kappa shape index (κ2) is 5.36. The zero-order valence-corrected chi connectivity index (χ0v) is 12.7. The Balaban J connectivity index is 1.95. The van der Waals surface area contributed by atoms with Gasteiger partial charge in [-0.2, -0.15) is 0 Å². The Labute approximate surface area is 133 Å². The monoisotopic (exact) mass is 302 g/mol. The largest absolute Gasteiger partial charge is 0.338 e. The molecule has 0 aliphatic heterocycles. The van der Waals surface area contributed by atoms with E-state index in [4.69, 9.17) is 4.98 Å². The Morgan fingerprint density at radius 2 is 1.65 bits per heavy atom. The van der Waals surface area contributed by atoms with Crippen molar-refractivity contribution in [1.29, 1.82) is 0 Å². The van der Waals surface area contributed by atoms with E-state index in [1.54, 1.807) is 0 Å². The highest BCUT2D eigenvalue weighted by Gasteiger charge is 2.13. The van der Waals surface area contributed by atoms with Crippen molar-refractivity contribution >= 4 is 11.0 Å². The predicted molar refractivity (Wildman–Crippen MR) is 91.7 cm³/mol. The van der Waals surface area contributed by atoms with Gasteiger partial charge in [-0.15, -0.1) is 0 Å². The Hall–Kier alpha value is -2.94. The van der Waals surface area contributed by atoms with E-state index < -0.39 is 0 Å². The van der Waals surface area contributed by atoms with E-state index in [2.05, 4.69) is 18.0 Å². The smallest absolute Gasteiger partial charge is 0.139 e. The molecule has 0 saturated heterocycles. The number of H-pyrrole nitrogens is 1. The summed E-state index contributed by atoms with van der Waals surface area (Å²) in [5, 5.41) is 0. The summed E-state index contributed by atoms with van der Waals surface area (Å²) in [5.41, 5.74) is 6.16. The lowest BCUT2D eigenvalue weighted by atomic mass is 9.94.